The van der Waals surface area contributed by atoms with Crippen LogP contribution in [-0.2, 0) is 16.4 Å². The molecule has 3 heterocycles. The molecule has 0 bridgehead atoms. The second kappa shape index (κ2) is 8.45. The Morgan fingerprint density at radius 3 is 2.33 bits per heavy atom. The SMILES string of the molecule is CCc1ccc(S(=O)(=O)N2CCN(c3ccc(-c4ccc(C)cc4C)nn3)CC2)s1. The number of sulfonamides is 1. The van der Waals surface area contributed by atoms with Crippen LogP contribution in [0, 0.1) is 13.8 Å². The molecule has 0 radical (unpaired) electrons. The molecule has 8 heteroatoms. The van der Waals surface area contributed by atoms with Gasteiger partial charge < -0.3 is 4.90 Å². The van der Waals surface area contributed by atoms with Crippen LogP contribution in [0.2, 0.25) is 0 Å². The molecular formula is C22H26N4O2S2. The van der Waals surface area contributed by atoms with Crippen LogP contribution in [0.15, 0.2) is 46.7 Å². The molecule has 0 saturated carbocycles. The molecule has 0 aliphatic carbocycles. The molecule has 0 unspecified atom stereocenters. The van der Waals surface area contributed by atoms with Crippen LogP contribution in [0.4, 0.5) is 5.82 Å². The maximum atomic E-state index is 12.9. The fourth-order valence-corrected chi connectivity index (χ4v) is 6.58. The predicted molar refractivity (Wildman–Crippen MR) is 122 cm³/mol. The average Bonchev–Trinajstić information content (AvgIpc) is 3.24. The Bertz CT molecular complexity index is 1130. The molecule has 1 aliphatic rings. The van der Waals surface area contributed by atoms with Gasteiger partial charge in [0.05, 0.1) is 5.69 Å². The molecule has 3 aromatic rings. The minimum Gasteiger partial charge on any atom is -0.352 e. The number of piperazine rings is 1. The summed E-state index contributed by atoms with van der Waals surface area (Å²) in [6, 6.07) is 13.9. The van der Waals surface area contributed by atoms with Crippen LogP contribution in [0.1, 0.15) is 22.9 Å². The number of hydrogen-bond acceptors (Lipinski definition) is 6. The lowest BCUT2D eigenvalue weighted by Gasteiger charge is -2.34. The van der Waals surface area contributed by atoms with Crippen LogP contribution >= 0.6 is 11.3 Å². The van der Waals surface area contributed by atoms with Crippen molar-refractivity contribution in [2.75, 3.05) is 31.1 Å². The van der Waals surface area contributed by atoms with Gasteiger partial charge in [0.15, 0.2) is 5.82 Å². The molecule has 0 N–H and O–H groups in total. The maximum Gasteiger partial charge on any atom is 0.252 e. The van der Waals surface area contributed by atoms with E-state index in [0.29, 0.717) is 30.4 Å². The first-order valence-corrected chi connectivity index (χ1v) is 12.4. The second-order valence-corrected chi connectivity index (χ2v) is 10.9. The van der Waals surface area contributed by atoms with E-state index in [1.807, 2.05) is 25.1 Å². The monoisotopic (exact) mass is 442 g/mol. The number of rotatable bonds is 5. The van der Waals surface area contributed by atoms with Gasteiger partial charge >= 0.3 is 0 Å². The van der Waals surface area contributed by atoms with Gasteiger partial charge in [0, 0.05) is 36.6 Å². The molecule has 30 heavy (non-hydrogen) atoms. The van der Waals surface area contributed by atoms with Gasteiger partial charge in [-0.15, -0.1) is 21.5 Å². The Kier molecular flexibility index (Phi) is 5.90. The lowest BCUT2D eigenvalue weighted by Crippen LogP contribution is -2.48. The summed E-state index contributed by atoms with van der Waals surface area (Å²) in [5.41, 5.74) is 4.33. The number of nitrogens with zero attached hydrogens (tertiary/aromatic N) is 4. The zero-order valence-corrected chi connectivity index (χ0v) is 19.1. The van der Waals surface area contributed by atoms with Crippen molar-refractivity contribution in [2.24, 2.45) is 0 Å². The predicted octanol–water partition coefficient (Wildman–Crippen LogP) is 3.90. The first-order chi connectivity index (χ1) is 14.4. The lowest BCUT2D eigenvalue weighted by atomic mass is 10.0. The van der Waals surface area contributed by atoms with Gasteiger partial charge in [-0.2, -0.15) is 4.31 Å². The van der Waals surface area contributed by atoms with Crippen molar-refractivity contribution < 1.29 is 8.42 Å². The van der Waals surface area contributed by atoms with E-state index in [0.717, 1.165) is 28.4 Å². The van der Waals surface area contributed by atoms with Gasteiger partial charge in [0.1, 0.15) is 4.21 Å². The highest BCUT2D eigenvalue weighted by molar-refractivity contribution is 7.91. The summed E-state index contributed by atoms with van der Waals surface area (Å²) >= 11 is 1.37. The Hall–Kier alpha value is -2.29. The van der Waals surface area contributed by atoms with E-state index in [9.17, 15) is 8.42 Å². The topological polar surface area (TPSA) is 66.4 Å². The van der Waals surface area contributed by atoms with Crippen molar-refractivity contribution in [3.8, 4) is 11.3 Å². The number of benzene rings is 1. The molecule has 2 aromatic heterocycles. The summed E-state index contributed by atoms with van der Waals surface area (Å²) < 4.78 is 27.8. The van der Waals surface area contributed by atoms with Crippen LogP contribution in [0.25, 0.3) is 11.3 Å². The number of anilines is 1. The van der Waals surface area contributed by atoms with E-state index in [1.54, 1.807) is 10.4 Å². The van der Waals surface area contributed by atoms with E-state index in [4.69, 9.17) is 0 Å². The zero-order chi connectivity index (χ0) is 21.3. The summed E-state index contributed by atoms with van der Waals surface area (Å²) in [6.45, 7) is 8.28. The molecule has 4 rings (SSSR count). The van der Waals surface area contributed by atoms with Crippen LogP contribution in [-0.4, -0.2) is 49.1 Å². The van der Waals surface area contributed by atoms with Gasteiger partial charge in [-0.3, -0.25) is 0 Å². The average molecular weight is 443 g/mol. The van der Waals surface area contributed by atoms with Crippen LogP contribution in [0.5, 0.6) is 0 Å². The van der Waals surface area contributed by atoms with Gasteiger partial charge in [0.2, 0.25) is 0 Å². The molecule has 0 amide bonds. The highest BCUT2D eigenvalue weighted by atomic mass is 32.2. The normalized spacial score (nSPS) is 15.5. The van der Waals surface area contributed by atoms with Crippen molar-refractivity contribution in [2.45, 2.75) is 31.4 Å². The van der Waals surface area contributed by atoms with Gasteiger partial charge in [-0.1, -0.05) is 30.7 Å². The van der Waals surface area contributed by atoms with Crippen LogP contribution < -0.4 is 4.90 Å². The van der Waals surface area contributed by atoms with E-state index in [2.05, 4.69) is 47.1 Å². The maximum absolute atomic E-state index is 12.9. The van der Waals surface area contributed by atoms with E-state index < -0.39 is 10.0 Å². The fraction of sp³-hybridized carbons (Fsp3) is 0.364. The summed E-state index contributed by atoms with van der Waals surface area (Å²) in [5.74, 6) is 0.782. The molecule has 1 fully saturated rings. The first kappa shape index (κ1) is 21.0. The molecule has 0 atom stereocenters. The van der Waals surface area contributed by atoms with Crippen molar-refractivity contribution in [1.82, 2.24) is 14.5 Å². The third-order valence-electron chi connectivity index (χ3n) is 5.45. The molecule has 158 valence electrons. The Labute approximate surface area is 182 Å². The van der Waals surface area contributed by atoms with Crippen LogP contribution in [0.3, 0.4) is 0 Å². The molecule has 1 aliphatic heterocycles. The largest absolute Gasteiger partial charge is 0.352 e. The number of aromatic nitrogens is 2. The lowest BCUT2D eigenvalue weighted by molar-refractivity contribution is 0.384. The molecule has 6 nitrogen and oxygen atoms in total. The summed E-state index contributed by atoms with van der Waals surface area (Å²) in [4.78, 5) is 3.18. The van der Waals surface area contributed by atoms with E-state index in [1.165, 1.54) is 22.5 Å². The van der Waals surface area contributed by atoms with E-state index >= 15 is 0 Å². The van der Waals surface area contributed by atoms with Gasteiger partial charge in [0.25, 0.3) is 10.0 Å². The standard InChI is InChI=1S/C22H26N4O2S2/c1-4-18-6-10-22(29-18)30(27,28)26-13-11-25(12-14-26)21-9-8-20(23-24-21)19-7-5-16(2)15-17(19)3/h5-10,15H,4,11-14H2,1-3H3. The number of hydrogen-bond donors (Lipinski definition) is 0. The quantitative estimate of drug-likeness (QED) is 0.600. The van der Waals surface area contributed by atoms with Crippen molar-refractivity contribution in [3.63, 3.8) is 0 Å². The number of thiophene rings is 1. The smallest absolute Gasteiger partial charge is 0.252 e. The van der Waals surface area contributed by atoms with Crippen molar-refractivity contribution in [3.05, 3.63) is 58.5 Å². The summed E-state index contributed by atoms with van der Waals surface area (Å²) in [6.07, 6.45) is 0.852. The van der Waals surface area contributed by atoms with E-state index in [-0.39, 0.29) is 0 Å². The van der Waals surface area contributed by atoms with Crippen molar-refractivity contribution in [1.29, 1.82) is 0 Å². The molecular weight excluding hydrogens is 416 g/mol. The highest BCUT2D eigenvalue weighted by Crippen LogP contribution is 2.27. The Morgan fingerprint density at radius 1 is 0.967 bits per heavy atom. The summed E-state index contributed by atoms with van der Waals surface area (Å²) in [5, 5.41) is 8.83. The number of aryl methyl sites for hydroxylation is 3. The Morgan fingerprint density at radius 2 is 1.73 bits per heavy atom. The fourth-order valence-electron chi connectivity index (χ4n) is 3.71. The third-order valence-corrected chi connectivity index (χ3v) is 9.05. The van der Waals surface area contributed by atoms with Crippen molar-refractivity contribution >= 4 is 27.2 Å². The molecule has 0 spiro atoms. The summed E-state index contributed by atoms with van der Waals surface area (Å²) in [7, 11) is -3.42. The molecule has 1 saturated heterocycles. The molecule has 1 aromatic carbocycles. The Balaban J connectivity index is 1.44. The minimum atomic E-state index is -3.42. The highest BCUT2D eigenvalue weighted by Gasteiger charge is 2.30. The van der Waals surface area contributed by atoms with Gasteiger partial charge in [-0.05, 0) is 50.1 Å². The zero-order valence-electron chi connectivity index (χ0n) is 17.5. The third kappa shape index (κ3) is 4.12. The minimum absolute atomic E-state index is 0.436. The van der Waals surface area contributed by atoms with Gasteiger partial charge in [-0.25, -0.2) is 8.42 Å². The first-order valence-electron chi connectivity index (χ1n) is 10.1. The second-order valence-electron chi connectivity index (χ2n) is 7.56.